The lowest BCUT2D eigenvalue weighted by molar-refractivity contribution is 0.569. The van der Waals surface area contributed by atoms with Crippen molar-refractivity contribution in [3.05, 3.63) is 57.8 Å². The van der Waals surface area contributed by atoms with E-state index in [2.05, 4.69) is 31.2 Å². The molecule has 0 fully saturated rings. The summed E-state index contributed by atoms with van der Waals surface area (Å²) in [7, 11) is 1.89. The standard InChI is InChI=1S/C14H15BrFN3/c1-9-18-6-5-13(19-9)14(17-2)7-10-3-4-11(16)8-12(10)15/h3-6,8,14,17H,7H2,1-2H3. The maximum Gasteiger partial charge on any atom is 0.125 e. The number of aryl methyl sites for hydroxylation is 1. The molecule has 0 bridgehead atoms. The number of hydrogen-bond donors (Lipinski definition) is 1. The Kier molecular flexibility index (Phi) is 4.61. The lowest BCUT2D eigenvalue weighted by atomic mass is 10.0. The van der Waals surface area contributed by atoms with Crippen LogP contribution in [0.15, 0.2) is 34.9 Å². The molecule has 3 nitrogen and oxygen atoms in total. The molecule has 0 radical (unpaired) electrons. The Hall–Kier alpha value is -1.33. The van der Waals surface area contributed by atoms with Gasteiger partial charge in [0.1, 0.15) is 11.6 Å². The van der Waals surface area contributed by atoms with Gasteiger partial charge in [-0.1, -0.05) is 22.0 Å². The smallest absolute Gasteiger partial charge is 0.125 e. The van der Waals surface area contributed by atoms with Crippen LogP contribution in [0.25, 0.3) is 0 Å². The lowest BCUT2D eigenvalue weighted by Crippen LogP contribution is -2.20. The van der Waals surface area contributed by atoms with Crippen molar-refractivity contribution in [1.29, 1.82) is 0 Å². The van der Waals surface area contributed by atoms with Crippen molar-refractivity contribution in [2.45, 2.75) is 19.4 Å². The van der Waals surface area contributed by atoms with Crippen LogP contribution in [-0.2, 0) is 6.42 Å². The SMILES string of the molecule is CNC(Cc1ccc(F)cc1Br)c1ccnc(C)n1. The van der Waals surface area contributed by atoms with Crippen LogP contribution in [0.1, 0.15) is 23.1 Å². The topological polar surface area (TPSA) is 37.8 Å². The fraction of sp³-hybridized carbons (Fsp3) is 0.286. The van der Waals surface area contributed by atoms with Gasteiger partial charge in [0.05, 0.1) is 11.7 Å². The van der Waals surface area contributed by atoms with Gasteiger partial charge in [-0.3, -0.25) is 0 Å². The van der Waals surface area contributed by atoms with E-state index in [4.69, 9.17) is 0 Å². The quantitative estimate of drug-likeness (QED) is 0.939. The summed E-state index contributed by atoms with van der Waals surface area (Å²) in [6, 6.07) is 6.71. The maximum absolute atomic E-state index is 13.1. The molecule has 2 aromatic rings. The molecular weight excluding hydrogens is 309 g/mol. The van der Waals surface area contributed by atoms with Gasteiger partial charge in [-0.25, -0.2) is 14.4 Å². The number of aromatic nitrogens is 2. The zero-order valence-corrected chi connectivity index (χ0v) is 12.4. The van der Waals surface area contributed by atoms with E-state index >= 15 is 0 Å². The van der Waals surface area contributed by atoms with Gasteiger partial charge in [0.2, 0.25) is 0 Å². The number of halogens is 2. The summed E-state index contributed by atoms with van der Waals surface area (Å²) >= 11 is 3.39. The number of rotatable bonds is 4. The third-order valence-corrected chi connectivity index (χ3v) is 3.68. The van der Waals surface area contributed by atoms with Gasteiger partial charge in [-0.05, 0) is 44.2 Å². The van der Waals surface area contributed by atoms with Crippen molar-refractivity contribution in [3.8, 4) is 0 Å². The summed E-state index contributed by atoms with van der Waals surface area (Å²) in [5.41, 5.74) is 1.98. The first-order valence-corrected chi connectivity index (χ1v) is 6.80. The van der Waals surface area contributed by atoms with Crippen molar-refractivity contribution in [2.75, 3.05) is 7.05 Å². The molecule has 1 atom stereocenters. The first-order chi connectivity index (χ1) is 9.10. The maximum atomic E-state index is 13.1. The van der Waals surface area contributed by atoms with E-state index < -0.39 is 0 Å². The Labute approximate surface area is 120 Å². The molecule has 0 aliphatic heterocycles. The zero-order valence-electron chi connectivity index (χ0n) is 10.8. The fourth-order valence-electron chi connectivity index (χ4n) is 1.93. The number of benzene rings is 1. The van der Waals surface area contributed by atoms with E-state index in [1.165, 1.54) is 12.1 Å². The van der Waals surface area contributed by atoms with E-state index in [-0.39, 0.29) is 11.9 Å². The summed E-state index contributed by atoms with van der Waals surface area (Å²) < 4.78 is 13.9. The van der Waals surface area contributed by atoms with Crippen LogP contribution in [0.4, 0.5) is 4.39 Å². The zero-order chi connectivity index (χ0) is 13.8. The molecule has 2 rings (SSSR count). The monoisotopic (exact) mass is 323 g/mol. The minimum Gasteiger partial charge on any atom is -0.311 e. The van der Waals surface area contributed by atoms with Gasteiger partial charge >= 0.3 is 0 Å². The molecule has 19 heavy (non-hydrogen) atoms. The molecule has 0 saturated heterocycles. The fourth-order valence-corrected chi connectivity index (χ4v) is 2.44. The van der Waals surface area contributed by atoms with Gasteiger partial charge in [-0.15, -0.1) is 0 Å². The van der Waals surface area contributed by atoms with Crippen LogP contribution < -0.4 is 5.32 Å². The Balaban J connectivity index is 2.24. The average molecular weight is 324 g/mol. The summed E-state index contributed by atoms with van der Waals surface area (Å²) in [6.07, 6.45) is 2.48. The van der Waals surface area contributed by atoms with E-state index in [1.807, 2.05) is 20.0 Å². The summed E-state index contributed by atoms with van der Waals surface area (Å²) in [6.45, 7) is 1.87. The highest BCUT2D eigenvalue weighted by atomic mass is 79.9. The lowest BCUT2D eigenvalue weighted by Gasteiger charge is -2.16. The predicted octanol–water partition coefficient (Wildman–Crippen LogP) is 3.19. The van der Waals surface area contributed by atoms with Crippen molar-refractivity contribution in [2.24, 2.45) is 0 Å². The van der Waals surface area contributed by atoms with E-state index in [0.717, 1.165) is 28.0 Å². The molecule has 0 aliphatic rings. The van der Waals surface area contributed by atoms with Crippen LogP contribution in [-0.4, -0.2) is 17.0 Å². The van der Waals surface area contributed by atoms with E-state index in [0.29, 0.717) is 0 Å². The molecule has 0 spiro atoms. The first-order valence-electron chi connectivity index (χ1n) is 6.01. The van der Waals surface area contributed by atoms with Crippen LogP contribution in [0.2, 0.25) is 0 Å². The van der Waals surface area contributed by atoms with Crippen molar-refractivity contribution in [1.82, 2.24) is 15.3 Å². The number of nitrogens with one attached hydrogen (secondary N) is 1. The van der Waals surface area contributed by atoms with Crippen molar-refractivity contribution < 1.29 is 4.39 Å². The Morgan fingerprint density at radius 3 is 2.79 bits per heavy atom. The van der Waals surface area contributed by atoms with Gasteiger partial charge < -0.3 is 5.32 Å². The average Bonchev–Trinajstić information content (AvgIpc) is 2.38. The second-order valence-electron chi connectivity index (χ2n) is 4.31. The molecule has 1 heterocycles. The minimum absolute atomic E-state index is 0.0726. The second-order valence-corrected chi connectivity index (χ2v) is 5.16. The Morgan fingerprint density at radius 2 is 2.16 bits per heavy atom. The van der Waals surface area contributed by atoms with Crippen LogP contribution in [0.3, 0.4) is 0 Å². The third kappa shape index (κ3) is 3.58. The number of likely N-dealkylation sites (N-methyl/N-ethyl adjacent to an activating group) is 1. The highest BCUT2D eigenvalue weighted by molar-refractivity contribution is 9.10. The molecule has 1 unspecified atom stereocenters. The minimum atomic E-state index is -0.241. The molecule has 1 aromatic heterocycles. The van der Waals surface area contributed by atoms with E-state index in [1.54, 1.807) is 12.3 Å². The molecule has 5 heteroatoms. The van der Waals surface area contributed by atoms with Crippen molar-refractivity contribution >= 4 is 15.9 Å². The van der Waals surface area contributed by atoms with Gasteiger partial charge in [0.25, 0.3) is 0 Å². The third-order valence-electron chi connectivity index (χ3n) is 2.94. The molecule has 0 saturated carbocycles. The summed E-state index contributed by atoms with van der Waals surface area (Å²) in [5.74, 6) is 0.505. The molecular formula is C14H15BrFN3. The van der Waals surface area contributed by atoms with Crippen LogP contribution in [0, 0.1) is 12.7 Å². The summed E-state index contributed by atoms with van der Waals surface area (Å²) in [4.78, 5) is 8.52. The highest BCUT2D eigenvalue weighted by Crippen LogP contribution is 2.23. The molecule has 1 N–H and O–H groups in total. The van der Waals surface area contributed by atoms with Gasteiger partial charge in [0.15, 0.2) is 0 Å². The van der Waals surface area contributed by atoms with E-state index in [9.17, 15) is 4.39 Å². The predicted molar refractivity (Wildman–Crippen MR) is 76.4 cm³/mol. The van der Waals surface area contributed by atoms with Crippen LogP contribution in [0.5, 0.6) is 0 Å². The summed E-state index contributed by atoms with van der Waals surface area (Å²) in [5, 5.41) is 3.23. The highest BCUT2D eigenvalue weighted by Gasteiger charge is 2.14. The van der Waals surface area contributed by atoms with Gasteiger partial charge in [-0.2, -0.15) is 0 Å². The number of hydrogen-bond acceptors (Lipinski definition) is 3. The molecule has 0 amide bonds. The Bertz CT molecular complexity index is 574. The normalized spacial score (nSPS) is 12.4. The molecule has 100 valence electrons. The van der Waals surface area contributed by atoms with Crippen molar-refractivity contribution in [3.63, 3.8) is 0 Å². The largest absolute Gasteiger partial charge is 0.311 e. The Morgan fingerprint density at radius 1 is 1.37 bits per heavy atom. The van der Waals surface area contributed by atoms with Crippen LogP contribution >= 0.6 is 15.9 Å². The molecule has 0 aliphatic carbocycles. The first kappa shape index (κ1) is 14.1. The number of nitrogens with zero attached hydrogens (tertiary/aromatic N) is 2. The second kappa shape index (κ2) is 6.21. The molecule has 1 aromatic carbocycles. The van der Waals surface area contributed by atoms with Gasteiger partial charge in [0, 0.05) is 10.7 Å².